The van der Waals surface area contributed by atoms with E-state index in [2.05, 4.69) is 11.8 Å². The minimum absolute atomic E-state index is 0.255. The molecule has 1 aromatic rings. The molecule has 0 aromatic heterocycles. The van der Waals surface area contributed by atoms with Gasteiger partial charge in [-0.05, 0) is 31.2 Å². The molecule has 1 nitrogen and oxygen atoms in total. The molecule has 0 saturated carbocycles. The van der Waals surface area contributed by atoms with E-state index in [0.29, 0.717) is 12.2 Å². The van der Waals surface area contributed by atoms with Gasteiger partial charge in [0.1, 0.15) is 6.61 Å². The molecule has 0 bridgehead atoms. The Kier molecular flexibility index (Phi) is 5.47. The molecule has 0 atom stereocenters. The first-order valence-electron chi connectivity index (χ1n) is 5.39. The summed E-state index contributed by atoms with van der Waals surface area (Å²) in [5.74, 6) is 5.47. The summed E-state index contributed by atoms with van der Waals surface area (Å²) in [5, 5.41) is 0. The summed E-state index contributed by atoms with van der Waals surface area (Å²) in [6, 6.07) is 4.74. The standard InChI is InChI=1S/C14H13F3O/c1-2-3-10-18-11-4-5-12-6-8-13(9-7-12)14(15,16)17/h2-3,6-9H,10-11H2,1H3/b3-2+. The van der Waals surface area contributed by atoms with Crippen LogP contribution in [0.5, 0.6) is 0 Å². The summed E-state index contributed by atoms with van der Waals surface area (Å²) in [6.45, 7) is 2.63. The molecule has 0 saturated heterocycles. The zero-order valence-electron chi connectivity index (χ0n) is 9.92. The van der Waals surface area contributed by atoms with E-state index in [9.17, 15) is 13.2 Å². The summed E-state index contributed by atoms with van der Waals surface area (Å²) in [5.41, 5.74) is -0.130. The van der Waals surface area contributed by atoms with Crippen LogP contribution in [0.25, 0.3) is 0 Å². The number of allylic oxidation sites excluding steroid dienone is 1. The average Bonchev–Trinajstić information content (AvgIpc) is 2.33. The van der Waals surface area contributed by atoms with Crippen molar-refractivity contribution in [2.75, 3.05) is 13.2 Å². The fourth-order valence-electron chi connectivity index (χ4n) is 1.15. The lowest BCUT2D eigenvalue weighted by Gasteiger charge is -2.05. The normalized spacial score (nSPS) is 11.3. The van der Waals surface area contributed by atoms with Crippen LogP contribution < -0.4 is 0 Å². The summed E-state index contributed by atoms with van der Waals surface area (Å²) in [7, 11) is 0. The number of hydrogen-bond acceptors (Lipinski definition) is 1. The third-order valence-corrected chi connectivity index (χ3v) is 2.07. The number of ether oxygens (including phenoxy) is 1. The number of halogens is 3. The summed E-state index contributed by atoms with van der Waals surface area (Å²) in [6.07, 6.45) is -0.593. The van der Waals surface area contributed by atoms with Gasteiger partial charge in [-0.25, -0.2) is 0 Å². The van der Waals surface area contributed by atoms with Gasteiger partial charge in [-0.2, -0.15) is 13.2 Å². The Morgan fingerprint density at radius 1 is 1.22 bits per heavy atom. The molecule has 0 aliphatic rings. The van der Waals surface area contributed by atoms with Crippen LogP contribution in [0.2, 0.25) is 0 Å². The van der Waals surface area contributed by atoms with Gasteiger partial charge in [0.15, 0.2) is 0 Å². The summed E-state index contributed by atoms with van der Waals surface area (Å²) < 4.78 is 42.0. The second-order valence-corrected chi connectivity index (χ2v) is 3.46. The number of hydrogen-bond donors (Lipinski definition) is 0. The van der Waals surface area contributed by atoms with Gasteiger partial charge in [-0.3, -0.25) is 0 Å². The van der Waals surface area contributed by atoms with Gasteiger partial charge >= 0.3 is 6.18 Å². The van der Waals surface area contributed by atoms with Gasteiger partial charge < -0.3 is 4.74 Å². The second kappa shape index (κ2) is 6.87. The quantitative estimate of drug-likeness (QED) is 0.454. The number of benzene rings is 1. The van der Waals surface area contributed by atoms with E-state index in [1.54, 1.807) is 0 Å². The molecule has 0 amide bonds. The van der Waals surface area contributed by atoms with Crippen molar-refractivity contribution in [3.63, 3.8) is 0 Å². The lowest BCUT2D eigenvalue weighted by atomic mass is 10.1. The molecule has 96 valence electrons. The third kappa shape index (κ3) is 5.07. The Bertz CT molecular complexity index is 447. The highest BCUT2D eigenvalue weighted by Gasteiger charge is 2.29. The Labute approximate surface area is 104 Å². The minimum atomic E-state index is -4.30. The smallest absolute Gasteiger partial charge is 0.365 e. The molecule has 4 heteroatoms. The molecule has 1 aromatic carbocycles. The maximum atomic E-state index is 12.3. The van der Waals surface area contributed by atoms with Crippen molar-refractivity contribution in [1.29, 1.82) is 0 Å². The molecule has 0 spiro atoms. The van der Waals surface area contributed by atoms with Gasteiger partial charge in [0.2, 0.25) is 0 Å². The molecule has 0 aliphatic carbocycles. The number of rotatable bonds is 3. The summed E-state index contributed by atoms with van der Waals surface area (Å²) >= 11 is 0. The molecule has 18 heavy (non-hydrogen) atoms. The van der Waals surface area contributed by atoms with E-state index in [0.717, 1.165) is 12.1 Å². The first-order chi connectivity index (χ1) is 8.54. The van der Waals surface area contributed by atoms with E-state index in [1.165, 1.54) is 12.1 Å². The SMILES string of the molecule is C/C=C/COCC#Cc1ccc(C(F)(F)F)cc1. The maximum Gasteiger partial charge on any atom is 0.416 e. The Hall–Kier alpha value is -1.73. The highest BCUT2D eigenvalue weighted by atomic mass is 19.4. The van der Waals surface area contributed by atoms with Gasteiger partial charge in [-0.15, -0.1) is 0 Å². The molecule has 0 fully saturated rings. The van der Waals surface area contributed by atoms with Crippen molar-refractivity contribution in [3.8, 4) is 11.8 Å². The predicted octanol–water partition coefficient (Wildman–Crippen LogP) is 3.65. The molecular weight excluding hydrogens is 241 g/mol. The highest BCUT2D eigenvalue weighted by molar-refractivity contribution is 5.36. The molecular formula is C14H13F3O. The third-order valence-electron chi connectivity index (χ3n) is 2.07. The van der Waals surface area contributed by atoms with Gasteiger partial charge in [-0.1, -0.05) is 24.0 Å². The fraction of sp³-hybridized carbons (Fsp3) is 0.286. The lowest BCUT2D eigenvalue weighted by molar-refractivity contribution is -0.137. The lowest BCUT2D eigenvalue weighted by Crippen LogP contribution is -2.04. The van der Waals surface area contributed by atoms with Gasteiger partial charge in [0, 0.05) is 5.56 Å². The Balaban J connectivity index is 2.51. The van der Waals surface area contributed by atoms with Crippen LogP contribution in [0.4, 0.5) is 13.2 Å². The Morgan fingerprint density at radius 2 is 1.89 bits per heavy atom. The minimum Gasteiger partial charge on any atom is -0.365 e. The van der Waals surface area contributed by atoms with Crippen molar-refractivity contribution in [2.45, 2.75) is 13.1 Å². The molecule has 0 heterocycles. The predicted molar refractivity (Wildman–Crippen MR) is 64.0 cm³/mol. The van der Waals surface area contributed by atoms with E-state index in [4.69, 9.17) is 4.74 Å². The van der Waals surface area contributed by atoms with Crippen molar-refractivity contribution >= 4 is 0 Å². The van der Waals surface area contributed by atoms with E-state index >= 15 is 0 Å². The maximum absolute atomic E-state index is 12.3. The number of alkyl halides is 3. The van der Waals surface area contributed by atoms with Crippen molar-refractivity contribution in [2.24, 2.45) is 0 Å². The van der Waals surface area contributed by atoms with Crippen LogP contribution in [-0.2, 0) is 10.9 Å². The van der Waals surface area contributed by atoms with Gasteiger partial charge in [0.25, 0.3) is 0 Å². The van der Waals surface area contributed by atoms with Crippen LogP contribution >= 0.6 is 0 Å². The highest BCUT2D eigenvalue weighted by Crippen LogP contribution is 2.28. The van der Waals surface area contributed by atoms with Crippen molar-refractivity contribution in [3.05, 3.63) is 47.5 Å². The molecule has 0 unspecified atom stereocenters. The molecule has 0 radical (unpaired) electrons. The van der Waals surface area contributed by atoms with Crippen LogP contribution in [0, 0.1) is 11.8 Å². The molecule has 0 aliphatic heterocycles. The van der Waals surface area contributed by atoms with Gasteiger partial charge in [0.05, 0.1) is 12.2 Å². The van der Waals surface area contributed by atoms with Crippen LogP contribution in [0.15, 0.2) is 36.4 Å². The zero-order valence-corrected chi connectivity index (χ0v) is 9.92. The average molecular weight is 254 g/mol. The largest absolute Gasteiger partial charge is 0.416 e. The van der Waals surface area contributed by atoms with Crippen LogP contribution in [-0.4, -0.2) is 13.2 Å². The first kappa shape index (κ1) is 14.3. The van der Waals surface area contributed by atoms with E-state index in [1.807, 2.05) is 19.1 Å². The van der Waals surface area contributed by atoms with Crippen molar-refractivity contribution < 1.29 is 17.9 Å². The zero-order chi connectivity index (χ0) is 13.4. The monoisotopic (exact) mass is 254 g/mol. The van der Waals surface area contributed by atoms with Crippen LogP contribution in [0.1, 0.15) is 18.1 Å². The fourth-order valence-corrected chi connectivity index (χ4v) is 1.15. The van der Waals surface area contributed by atoms with Crippen LogP contribution in [0.3, 0.4) is 0 Å². The van der Waals surface area contributed by atoms with E-state index in [-0.39, 0.29) is 6.61 Å². The Morgan fingerprint density at radius 3 is 2.44 bits per heavy atom. The molecule has 0 N–H and O–H groups in total. The van der Waals surface area contributed by atoms with E-state index < -0.39 is 11.7 Å². The topological polar surface area (TPSA) is 9.23 Å². The second-order valence-electron chi connectivity index (χ2n) is 3.46. The molecule has 1 rings (SSSR count). The first-order valence-corrected chi connectivity index (χ1v) is 5.39. The van der Waals surface area contributed by atoms with Crippen molar-refractivity contribution in [1.82, 2.24) is 0 Å². The summed E-state index contributed by atoms with van der Waals surface area (Å²) in [4.78, 5) is 0.